The van der Waals surface area contributed by atoms with Crippen LogP contribution in [-0.4, -0.2) is 16.3 Å². The van der Waals surface area contributed by atoms with E-state index < -0.39 is 5.97 Å². The molecular formula is C7H14O2S. The predicted molar refractivity (Wildman–Crippen MR) is 44.5 cm³/mol. The lowest BCUT2D eigenvalue weighted by Gasteiger charge is -2.24. The average molecular weight is 162 g/mol. The highest BCUT2D eigenvalue weighted by atomic mass is 32.1. The van der Waals surface area contributed by atoms with Crippen LogP contribution in [0.1, 0.15) is 27.2 Å². The van der Waals surface area contributed by atoms with Crippen molar-refractivity contribution >= 4 is 18.6 Å². The van der Waals surface area contributed by atoms with Gasteiger partial charge in [0.05, 0.1) is 6.42 Å². The third-order valence-electron chi connectivity index (χ3n) is 1.37. The third kappa shape index (κ3) is 3.77. The Labute approximate surface area is 67.0 Å². The quantitative estimate of drug-likeness (QED) is 0.608. The molecule has 0 amide bonds. The van der Waals surface area contributed by atoms with Crippen LogP contribution in [0.3, 0.4) is 0 Å². The van der Waals surface area contributed by atoms with Gasteiger partial charge in [0.25, 0.3) is 0 Å². The normalized spacial score (nSPS) is 14.8. The summed E-state index contributed by atoms with van der Waals surface area (Å²) in [5.74, 6) is -0.782. The summed E-state index contributed by atoms with van der Waals surface area (Å²) in [7, 11) is 0. The molecule has 0 aliphatic carbocycles. The number of carbonyl (C=O) groups is 1. The summed E-state index contributed by atoms with van der Waals surface area (Å²) < 4.78 is 0. The molecule has 0 aromatic rings. The third-order valence-corrected chi connectivity index (χ3v) is 2.32. The van der Waals surface area contributed by atoms with E-state index in [4.69, 9.17) is 5.11 Å². The molecule has 0 radical (unpaired) electrons. The summed E-state index contributed by atoms with van der Waals surface area (Å²) in [6, 6.07) is 0. The molecule has 3 heteroatoms. The number of rotatable bonds is 2. The second-order valence-electron chi connectivity index (χ2n) is 3.48. The van der Waals surface area contributed by atoms with Crippen LogP contribution in [0, 0.1) is 5.41 Å². The fourth-order valence-electron chi connectivity index (χ4n) is 0.472. The first-order valence-corrected chi connectivity index (χ1v) is 3.75. The van der Waals surface area contributed by atoms with Crippen LogP contribution >= 0.6 is 12.6 Å². The number of thiol groups is 1. The van der Waals surface area contributed by atoms with Crippen molar-refractivity contribution in [2.24, 2.45) is 5.41 Å². The molecule has 0 aromatic carbocycles. The number of hydrogen-bond acceptors (Lipinski definition) is 2. The van der Waals surface area contributed by atoms with E-state index in [9.17, 15) is 4.79 Å². The highest BCUT2D eigenvalue weighted by molar-refractivity contribution is 7.81. The molecule has 0 spiro atoms. The number of carboxylic acid groups (broad SMARTS) is 1. The molecule has 0 rings (SSSR count). The van der Waals surface area contributed by atoms with Gasteiger partial charge < -0.3 is 5.11 Å². The molecule has 60 valence electrons. The second-order valence-corrected chi connectivity index (χ2v) is 4.10. The molecule has 0 aliphatic rings. The fourth-order valence-corrected chi connectivity index (χ4v) is 0.628. The van der Waals surface area contributed by atoms with Crippen molar-refractivity contribution < 1.29 is 9.90 Å². The monoisotopic (exact) mass is 162 g/mol. The van der Waals surface area contributed by atoms with Crippen LogP contribution in [0.15, 0.2) is 0 Å². The Morgan fingerprint density at radius 1 is 1.60 bits per heavy atom. The van der Waals surface area contributed by atoms with Gasteiger partial charge in [0.15, 0.2) is 0 Å². The molecule has 1 atom stereocenters. The van der Waals surface area contributed by atoms with Gasteiger partial charge in [0, 0.05) is 5.25 Å². The maximum absolute atomic E-state index is 10.2. The predicted octanol–water partition coefficient (Wildman–Crippen LogP) is 1.81. The van der Waals surface area contributed by atoms with Crippen LogP contribution in [-0.2, 0) is 4.79 Å². The summed E-state index contributed by atoms with van der Waals surface area (Å²) in [4.78, 5) is 10.2. The summed E-state index contributed by atoms with van der Waals surface area (Å²) in [6.07, 6.45) is 0.132. The summed E-state index contributed by atoms with van der Waals surface area (Å²) >= 11 is 4.17. The smallest absolute Gasteiger partial charge is 0.304 e. The molecule has 0 heterocycles. The molecule has 0 bridgehead atoms. The van der Waals surface area contributed by atoms with E-state index in [1.165, 1.54) is 0 Å². The van der Waals surface area contributed by atoms with Gasteiger partial charge in [-0.05, 0) is 5.41 Å². The first-order valence-electron chi connectivity index (χ1n) is 3.24. The SMILES string of the molecule is CC(C)(C)C(S)CC(=O)O. The van der Waals surface area contributed by atoms with Crippen molar-refractivity contribution in [3.8, 4) is 0 Å². The highest BCUT2D eigenvalue weighted by Crippen LogP contribution is 2.26. The van der Waals surface area contributed by atoms with Crippen LogP contribution in [0.25, 0.3) is 0 Å². The molecule has 10 heavy (non-hydrogen) atoms. The van der Waals surface area contributed by atoms with Gasteiger partial charge in [0.1, 0.15) is 0 Å². The summed E-state index contributed by atoms with van der Waals surface area (Å²) in [5, 5.41) is 8.33. The summed E-state index contributed by atoms with van der Waals surface area (Å²) in [6.45, 7) is 5.94. The molecule has 1 unspecified atom stereocenters. The van der Waals surface area contributed by atoms with E-state index in [1.807, 2.05) is 20.8 Å². The van der Waals surface area contributed by atoms with Crippen LogP contribution in [0.5, 0.6) is 0 Å². The van der Waals surface area contributed by atoms with E-state index in [-0.39, 0.29) is 17.1 Å². The number of carboxylic acids is 1. The molecular weight excluding hydrogens is 148 g/mol. The van der Waals surface area contributed by atoms with Gasteiger partial charge >= 0.3 is 5.97 Å². The van der Waals surface area contributed by atoms with Crippen molar-refractivity contribution in [2.45, 2.75) is 32.4 Å². The van der Waals surface area contributed by atoms with Crippen molar-refractivity contribution in [1.82, 2.24) is 0 Å². The zero-order chi connectivity index (χ0) is 8.36. The van der Waals surface area contributed by atoms with E-state index in [0.29, 0.717) is 0 Å². The lowest BCUT2D eigenvalue weighted by molar-refractivity contribution is -0.137. The standard InChI is InChI=1S/C7H14O2S/c1-7(2,3)5(10)4-6(8)9/h5,10H,4H2,1-3H3,(H,8,9). The maximum Gasteiger partial charge on any atom is 0.304 e. The Morgan fingerprint density at radius 3 is 2.10 bits per heavy atom. The van der Waals surface area contributed by atoms with Crippen molar-refractivity contribution in [2.75, 3.05) is 0 Å². The fraction of sp³-hybridized carbons (Fsp3) is 0.857. The zero-order valence-corrected chi connectivity index (χ0v) is 7.48. The molecule has 0 aromatic heterocycles. The topological polar surface area (TPSA) is 37.3 Å². The average Bonchev–Trinajstić information content (AvgIpc) is 1.60. The minimum atomic E-state index is -0.782. The highest BCUT2D eigenvalue weighted by Gasteiger charge is 2.22. The number of aliphatic carboxylic acids is 1. The minimum Gasteiger partial charge on any atom is -0.481 e. The Kier molecular flexibility index (Phi) is 3.22. The Balaban J connectivity index is 3.85. The van der Waals surface area contributed by atoms with Crippen LogP contribution in [0.4, 0.5) is 0 Å². The zero-order valence-electron chi connectivity index (χ0n) is 6.59. The van der Waals surface area contributed by atoms with Gasteiger partial charge in [0.2, 0.25) is 0 Å². The lowest BCUT2D eigenvalue weighted by Crippen LogP contribution is -2.23. The minimum absolute atomic E-state index is 0.0263. The second kappa shape index (κ2) is 3.28. The molecule has 2 nitrogen and oxygen atoms in total. The molecule has 0 fully saturated rings. The van der Waals surface area contributed by atoms with Gasteiger partial charge in [-0.25, -0.2) is 0 Å². The Hall–Kier alpha value is -0.180. The van der Waals surface area contributed by atoms with Gasteiger partial charge in [-0.3, -0.25) is 4.79 Å². The van der Waals surface area contributed by atoms with E-state index >= 15 is 0 Å². The Bertz CT molecular complexity index is 126. The maximum atomic E-state index is 10.2. The first kappa shape index (κ1) is 9.82. The number of hydrogen-bond donors (Lipinski definition) is 2. The van der Waals surface area contributed by atoms with Gasteiger partial charge in [-0.15, -0.1) is 0 Å². The Morgan fingerprint density at radius 2 is 2.00 bits per heavy atom. The van der Waals surface area contributed by atoms with E-state index in [0.717, 1.165) is 0 Å². The van der Waals surface area contributed by atoms with Crippen LogP contribution < -0.4 is 0 Å². The lowest BCUT2D eigenvalue weighted by atomic mass is 9.90. The van der Waals surface area contributed by atoms with E-state index in [1.54, 1.807) is 0 Å². The molecule has 0 saturated heterocycles. The van der Waals surface area contributed by atoms with Crippen LogP contribution in [0.2, 0.25) is 0 Å². The van der Waals surface area contributed by atoms with Crippen molar-refractivity contribution in [3.63, 3.8) is 0 Å². The van der Waals surface area contributed by atoms with Gasteiger partial charge in [-0.1, -0.05) is 20.8 Å². The van der Waals surface area contributed by atoms with Crippen molar-refractivity contribution in [1.29, 1.82) is 0 Å². The molecule has 0 aliphatic heterocycles. The first-order chi connectivity index (χ1) is 4.34. The largest absolute Gasteiger partial charge is 0.481 e. The molecule has 1 N–H and O–H groups in total. The molecule has 0 saturated carbocycles. The van der Waals surface area contributed by atoms with Gasteiger partial charge in [-0.2, -0.15) is 12.6 Å². The summed E-state index contributed by atoms with van der Waals surface area (Å²) in [5.41, 5.74) is -0.0263. The van der Waals surface area contributed by atoms with E-state index in [2.05, 4.69) is 12.6 Å². The van der Waals surface area contributed by atoms with Crippen molar-refractivity contribution in [3.05, 3.63) is 0 Å².